The molecule has 0 bridgehead atoms. The summed E-state index contributed by atoms with van der Waals surface area (Å²) in [5.74, 6) is 0.250. The Bertz CT molecular complexity index is 842. The van der Waals surface area contributed by atoms with Crippen LogP contribution in [0.25, 0.3) is 0 Å². The maximum Gasteiger partial charge on any atom is 0.272 e. The highest BCUT2D eigenvalue weighted by Gasteiger charge is 2.22. The van der Waals surface area contributed by atoms with Gasteiger partial charge in [-0.2, -0.15) is 0 Å². The molecule has 1 aromatic heterocycles. The van der Waals surface area contributed by atoms with E-state index in [0.29, 0.717) is 24.6 Å². The number of benzene rings is 1. The van der Waals surface area contributed by atoms with Gasteiger partial charge in [-0.1, -0.05) is 0 Å². The van der Waals surface area contributed by atoms with Crippen LogP contribution in [0.3, 0.4) is 0 Å². The number of sulfonamides is 1. The molecule has 0 atom stereocenters. The van der Waals surface area contributed by atoms with Crippen molar-refractivity contribution in [3.63, 3.8) is 0 Å². The number of ether oxygens (including phenoxy) is 1. The Balaban J connectivity index is 2.15. The van der Waals surface area contributed by atoms with Gasteiger partial charge in [0.15, 0.2) is 0 Å². The smallest absolute Gasteiger partial charge is 0.272 e. The zero-order valence-electron chi connectivity index (χ0n) is 14.4. The third kappa shape index (κ3) is 4.38. The maximum absolute atomic E-state index is 12.4. The third-order valence-corrected chi connectivity index (χ3v) is 5.27. The fourth-order valence-corrected chi connectivity index (χ4v) is 3.09. The normalized spacial score (nSPS) is 11.6. The molecule has 0 fully saturated rings. The average Bonchev–Trinajstić information content (AvgIpc) is 2.96. The molecule has 0 aliphatic heterocycles. The predicted octanol–water partition coefficient (Wildman–Crippen LogP) is 0.865. The van der Waals surface area contributed by atoms with Crippen LogP contribution in [0.5, 0.6) is 5.75 Å². The van der Waals surface area contributed by atoms with Gasteiger partial charge in [0.25, 0.3) is 5.91 Å². The van der Waals surface area contributed by atoms with Gasteiger partial charge in [0.2, 0.25) is 10.0 Å². The SMILES string of the molecule is CN(C)S(=O)(=O)c1cc(C(=O)Nc2ccc(OCCN)cc2)n(C)c1. The number of hydrogen-bond acceptors (Lipinski definition) is 5. The van der Waals surface area contributed by atoms with E-state index in [1.54, 1.807) is 31.3 Å². The molecule has 136 valence electrons. The molecule has 1 aromatic carbocycles. The first-order valence-electron chi connectivity index (χ1n) is 7.59. The summed E-state index contributed by atoms with van der Waals surface area (Å²) in [6.07, 6.45) is 1.41. The van der Waals surface area contributed by atoms with Crippen LogP contribution >= 0.6 is 0 Å². The Hall–Kier alpha value is -2.36. The van der Waals surface area contributed by atoms with Crippen molar-refractivity contribution < 1.29 is 17.9 Å². The summed E-state index contributed by atoms with van der Waals surface area (Å²) in [5, 5.41) is 2.73. The lowest BCUT2D eigenvalue weighted by atomic mass is 10.3. The Kier molecular flexibility index (Phi) is 5.83. The minimum Gasteiger partial charge on any atom is -0.492 e. The molecule has 8 nitrogen and oxygen atoms in total. The Labute approximate surface area is 147 Å². The van der Waals surface area contributed by atoms with Crippen molar-refractivity contribution in [1.29, 1.82) is 0 Å². The van der Waals surface area contributed by atoms with Crippen molar-refractivity contribution in [3.05, 3.63) is 42.2 Å². The number of nitrogens with one attached hydrogen (secondary N) is 1. The molecular weight excluding hydrogens is 344 g/mol. The summed E-state index contributed by atoms with van der Waals surface area (Å²) in [6, 6.07) is 8.19. The molecule has 1 amide bonds. The summed E-state index contributed by atoms with van der Waals surface area (Å²) >= 11 is 0. The zero-order chi connectivity index (χ0) is 18.6. The molecule has 2 aromatic rings. The molecular formula is C16H22N4O4S. The molecule has 0 aliphatic carbocycles. The summed E-state index contributed by atoms with van der Waals surface area (Å²) in [4.78, 5) is 12.5. The number of carbonyl (C=O) groups excluding carboxylic acids is 1. The van der Waals surface area contributed by atoms with E-state index < -0.39 is 15.9 Å². The van der Waals surface area contributed by atoms with E-state index in [-0.39, 0.29) is 10.6 Å². The van der Waals surface area contributed by atoms with Gasteiger partial charge >= 0.3 is 0 Å². The van der Waals surface area contributed by atoms with Crippen molar-refractivity contribution in [3.8, 4) is 5.75 Å². The maximum atomic E-state index is 12.4. The largest absolute Gasteiger partial charge is 0.492 e. The fourth-order valence-electron chi connectivity index (χ4n) is 2.12. The summed E-state index contributed by atoms with van der Waals surface area (Å²) in [6.45, 7) is 0.836. The number of hydrogen-bond donors (Lipinski definition) is 2. The van der Waals surface area contributed by atoms with Crippen LogP contribution in [0.4, 0.5) is 5.69 Å². The number of carbonyl (C=O) groups is 1. The number of nitrogens with zero attached hydrogens (tertiary/aromatic N) is 2. The van der Waals surface area contributed by atoms with Crippen LogP contribution in [0.1, 0.15) is 10.5 Å². The summed E-state index contributed by atoms with van der Waals surface area (Å²) in [5.41, 5.74) is 6.18. The standard InChI is InChI=1S/C16H22N4O4S/c1-19(2)25(22,23)14-10-15(20(3)11-14)16(21)18-12-4-6-13(7-5-12)24-9-8-17/h4-7,10-11H,8-9,17H2,1-3H3,(H,18,21). The van der Waals surface area contributed by atoms with Crippen molar-refractivity contribution in [2.75, 3.05) is 32.6 Å². The number of anilines is 1. The van der Waals surface area contributed by atoms with E-state index in [4.69, 9.17) is 10.5 Å². The van der Waals surface area contributed by atoms with E-state index in [1.807, 2.05) is 0 Å². The monoisotopic (exact) mass is 366 g/mol. The number of aryl methyl sites for hydroxylation is 1. The van der Waals surface area contributed by atoms with Gasteiger partial charge < -0.3 is 20.4 Å². The minimum atomic E-state index is -3.59. The third-order valence-electron chi connectivity index (χ3n) is 3.49. The summed E-state index contributed by atoms with van der Waals surface area (Å²) in [7, 11) is 0.906. The predicted molar refractivity (Wildman–Crippen MR) is 95.2 cm³/mol. The highest BCUT2D eigenvalue weighted by molar-refractivity contribution is 7.89. The topological polar surface area (TPSA) is 107 Å². The van der Waals surface area contributed by atoms with Crippen LogP contribution in [-0.2, 0) is 17.1 Å². The quantitative estimate of drug-likeness (QED) is 0.756. The molecule has 25 heavy (non-hydrogen) atoms. The van der Waals surface area contributed by atoms with Crippen LogP contribution < -0.4 is 15.8 Å². The molecule has 9 heteroatoms. The van der Waals surface area contributed by atoms with E-state index in [2.05, 4.69) is 5.32 Å². The summed E-state index contributed by atoms with van der Waals surface area (Å²) < 4.78 is 32.3. The number of aromatic nitrogens is 1. The highest BCUT2D eigenvalue weighted by atomic mass is 32.2. The number of rotatable bonds is 7. The Morgan fingerprint density at radius 2 is 1.92 bits per heavy atom. The second kappa shape index (κ2) is 7.68. The van der Waals surface area contributed by atoms with E-state index in [9.17, 15) is 13.2 Å². The van der Waals surface area contributed by atoms with Gasteiger partial charge in [-0.05, 0) is 30.3 Å². The molecule has 0 unspecified atom stereocenters. The van der Waals surface area contributed by atoms with Crippen molar-refractivity contribution in [2.45, 2.75) is 4.90 Å². The van der Waals surface area contributed by atoms with Gasteiger partial charge in [0.1, 0.15) is 22.9 Å². The molecule has 1 heterocycles. The van der Waals surface area contributed by atoms with Crippen LogP contribution in [-0.4, -0.2) is 50.4 Å². The number of amides is 1. The van der Waals surface area contributed by atoms with Crippen LogP contribution in [0, 0.1) is 0 Å². The van der Waals surface area contributed by atoms with Crippen LogP contribution in [0.15, 0.2) is 41.4 Å². The minimum absolute atomic E-state index is 0.0654. The molecule has 0 saturated carbocycles. The van der Waals surface area contributed by atoms with E-state index in [1.165, 1.54) is 30.9 Å². The van der Waals surface area contributed by atoms with Crippen molar-refractivity contribution in [2.24, 2.45) is 12.8 Å². The average molecular weight is 366 g/mol. The van der Waals surface area contributed by atoms with Crippen LogP contribution in [0.2, 0.25) is 0 Å². The Morgan fingerprint density at radius 3 is 2.48 bits per heavy atom. The first-order chi connectivity index (χ1) is 11.8. The molecule has 0 aliphatic rings. The second-order valence-electron chi connectivity index (χ2n) is 5.58. The lowest BCUT2D eigenvalue weighted by Crippen LogP contribution is -2.21. The van der Waals surface area contributed by atoms with Gasteiger partial charge in [-0.15, -0.1) is 0 Å². The molecule has 0 spiro atoms. The lowest BCUT2D eigenvalue weighted by Gasteiger charge is -2.08. The van der Waals surface area contributed by atoms with Gasteiger partial charge in [-0.25, -0.2) is 12.7 Å². The molecule has 2 rings (SSSR count). The van der Waals surface area contributed by atoms with Crippen molar-refractivity contribution in [1.82, 2.24) is 8.87 Å². The van der Waals surface area contributed by atoms with Crippen molar-refractivity contribution >= 4 is 21.6 Å². The van der Waals surface area contributed by atoms with E-state index in [0.717, 1.165) is 4.31 Å². The van der Waals surface area contributed by atoms with Gasteiger partial charge in [0, 0.05) is 39.6 Å². The van der Waals surface area contributed by atoms with Gasteiger partial charge in [-0.3, -0.25) is 4.79 Å². The highest BCUT2D eigenvalue weighted by Crippen LogP contribution is 2.19. The molecule has 3 N–H and O–H groups in total. The zero-order valence-corrected chi connectivity index (χ0v) is 15.2. The Morgan fingerprint density at radius 1 is 1.28 bits per heavy atom. The first kappa shape index (κ1) is 19.0. The molecule has 0 radical (unpaired) electrons. The van der Waals surface area contributed by atoms with E-state index >= 15 is 0 Å². The number of nitrogens with two attached hydrogens (primary N) is 1. The second-order valence-corrected chi connectivity index (χ2v) is 7.73. The first-order valence-corrected chi connectivity index (χ1v) is 9.03. The fraction of sp³-hybridized carbons (Fsp3) is 0.312. The molecule has 0 saturated heterocycles. The van der Waals surface area contributed by atoms with Gasteiger partial charge in [0.05, 0.1) is 0 Å². The lowest BCUT2D eigenvalue weighted by molar-refractivity contribution is 0.101.